The number of carbonyl (C=O) groups excluding carboxylic acids is 1. The molecule has 0 spiro atoms. The average Bonchev–Trinajstić information content (AvgIpc) is 3.30. The van der Waals surface area contributed by atoms with Gasteiger partial charge in [0.1, 0.15) is 30.5 Å². The van der Waals surface area contributed by atoms with Crippen LogP contribution < -0.4 is 29.1 Å². The quantitative estimate of drug-likeness (QED) is 0.209. The van der Waals surface area contributed by atoms with E-state index in [-0.39, 0.29) is 12.2 Å². The molecule has 1 aliphatic rings. The number of ether oxygens (including phenoxy) is 4. The zero-order valence-electron chi connectivity index (χ0n) is 23.0. The van der Waals surface area contributed by atoms with E-state index >= 15 is 0 Å². The summed E-state index contributed by atoms with van der Waals surface area (Å²) in [6, 6.07) is 23.7. The number of para-hydroxylation sites is 2. The Labute approximate surface area is 241 Å². The fourth-order valence-corrected chi connectivity index (χ4v) is 5.63. The maximum Gasteiger partial charge on any atom is 0.338 e. The van der Waals surface area contributed by atoms with Crippen LogP contribution in [0.4, 0.5) is 0 Å². The number of aromatic nitrogens is 1. The largest absolute Gasteiger partial charge is 0.497 e. The minimum Gasteiger partial charge on any atom is -0.497 e. The van der Waals surface area contributed by atoms with E-state index in [0.717, 1.165) is 16.9 Å². The van der Waals surface area contributed by atoms with Crippen LogP contribution in [0.15, 0.2) is 99.9 Å². The Kier molecular flexibility index (Phi) is 8.64. The van der Waals surface area contributed by atoms with E-state index in [1.807, 2.05) is 66.7 Å². The van der Waals surface area contributed by atoms with Crippen LogP contribution >= 0.6 is 11.3 Å². The number of hydrogen-bond donors (Lipinski definition) is 0. The fraction of sp³-hybridized carbons (Fsp3) is 0.219. The Hall–Kier alpha value is -4.63. The molecule has 2 heterocycles. The summed E-state index contributed by atoms with van der Waals surface area (Å²) >= 11 is 1.27. The number of fused-ring (bicyclic) bond motifs is 1. The molecule has 9 heteroatoms. The van der Waals surface area contributed by atoms with E-state index in [1.54, 1.807) is 43.7 Å². The topological polar surface area (TPSA) is 88.4 Å². The van der Waals surface area contributed by atoms with Gasteiger partial charge in [-0.25, -0.2) is 9.79 Å². The second-order valence-corrected chi connectivity index (χ2v) is 10.1. The van der Waals surface area contributed by atoms with E-state index in [4.69, 9.17) is 18.9 Å². The predicted octanol–water partition coefficient (Wildman–Crippen LogP) is 4.26. The fourth-order valence-electron chi connectivity index (χ4n) is 4.59. The Morgan fingerprint density at radius 1 is 0.951 bits per heavy atom. The van der Waals surface area contributed by atoms with Gasteiger partial charge in [-0.2, -0.15) is 0 Å². The summed E-state index contributed by atoms with van der Waals surface area (Å²) in [5, 5.41) is 0. The summed E-state index contributed by atoms with van der Waals surface area (Å²) in [4.78, 5) is 32.1. The van der Waals surface area contributed by atoms with Crippen molar-refractivity contribution >= 4 is 23.4 Å². The summed E-state index contributed by atoms with van der Waals surface area (Å²) in [6.45, 7) is 4.43. The van der Waals surface area contributed by atoms with Crippen molar-refractivity contribution < 1.29 is 23.7 Å². The molecule has 0 saturated carbocycles. The van der Waals surface area contributed by atoms with E-state index in [2.05, 4.69) is 4.99 Å². The smallest absolute Gasteiger partial charge is 0.338 e. The summed E-state index contributed by atoms with van der Waals surface area (Å²) in [6.07, 6.45) is 1.80. The van der Waals surface area contributed by atoms with Crippen molar-refractivity contribution in [1.29, 1.82) is 0 Å². The summed E-state index contributed by atoms with van der Waals surface area (Å²) in [5.41, 5.74) is 2.08. The normalized spacial score (nSPS) is 14.7. The van der Waals surface area contributed by atoms with Crippen LogP contribution in [0.25, 0.3) is 6.08 Å². The minimum atomic E-state index is -0.694. The average molecular weight is 571 g/mol. The molecule has 4 aromatic rings. The van der Waals surface area contributed by atoms with Gasteiger partial charge >= 0.3 is 5.97 Å². The lowest BCUT2D eigenvalue weighted by Gasteiger charge is -2.24. The van der Waals surface area contributed by atoms with Gasteiger partial charge in [0.15, 0.2) is 4.80 Å². The summed E-state index contributed by atoms with van der Waals surface area (Å²) < 4.78 is 24.5. The lowest BCUT2D eigenvalue weighted by molar-refractivity contribution is -0.139. The molecule has 1 unspecified atom stereocenters. The number of esters is 1. The van der Waals surface area contributed by atoms with Crippen LogP contribution in [0.3, 0.4) is 0 Å². The Balaban J connectivity index is 1.50. The van der Waals surface area contributed by atoms with Gasteiger partial charge in [0.2, 0.25) is 0 Å². The summed E-state index contributed by atoms with van der Waals surface area (Å²) in [7, 11) is 1.59. The molecule has 3 aromatic carbocycles. The van der Waals surface area contributed by atoms with Crippen molar-refractivity contribution in [2.24, 2.45) is 4.99 Å². The molecule has 1 atom stereocenters. The van der Waals surface area contributed by atoms with Gasteiger partial charge in [0.05, 0.1) is 35.6 Å². The zero-order chi connectivity index (χ0) is 28.8. The molecule has 0 amide bonds. The van der Waals surface area contributed by atoms with Crippen molar-refractivity contribution in [2.75, 3.05) is 26.9 Å². The third-order valence-corrected chi connectivity index (χ3v) is 7.49. The summed E-state index contributed by atoms with van der Waals surface area (Å²) in [5.74, 6) is 1.57. The molecule has 0 saturated heterocycles. The molecule has 0 radical (unpaired) electrons. The van der Waals surface area contributed by atoms with Crippen LogP contribution in [0, 0.1) is 0 Å². The second kappa shape index (κ2) is 12.7. The molecule has 1 aromatic heterocycles. The number of benzene rings is 3. The van der Waals surface area contributed by atoms with Crippen molar-refractivity contribution in [2.45, 2.75) is 19.9 Å². The molecule has 5 rings (SSSR count). The van der Waals surface area contributed by atoms with Crippen molar-refractivity contribution in [3.05, 3.63) is 121 Å². The first-order valence-corrected chi connectivity index (χ1v) is 14.0. The van der Waals surface area contributed by atoms with Crippen LogP contribution in [-0.2, 0) is 9.53 Å². The molecule has 1 aliphatic heterocycles. The van der Waals surface area contributed by atoms with Crippen molar-refractivity contribution in [1.82, 2.24) is 4.57 Å². The number of hydrogen-bond acceptors (Lipinski definition) is 8. The van der Waals surface area contributed by atoms with E-state index in [1.165, 1.54) is 11.3 Å². The molecular weight excluding hydrogens is 540 g/mol. The first kappa shape index (κ1) is 27.9. The highest BCUT2D eigenvalue weighted by Gasteiger charge is 2.33. The molecule has 0 aliphatic carbocycles. The number of carbonyl (C=O) groups is 1. The van der Waals surface area contributed by atoms with Gasteiger partial charge in [-0.05, 0) is 55.8 Å². The van der Waals surface area contributed by atoms with E-state index in [0.29, 0.717) is 45.3 Å². The van der Waals surface area contributed by atoms with Gasteiger partial charge in [-0.15, -0.1) is 0 Å². The van der Waals surface area contributed by atoms with Crippen molar-refractivity contribution in [3.63, 3.8) is 0 Å². The first-order chi connectivity index (χ1) is 20.0. The maximum absolute atomic E-state index is 13.9. The van der Waals surface area contributed by atoms with Crippen LogP contribution in [-0.4, -0.2) is 37.5 Å². The standard InChI is InChI=1S/C32H30N2O6S/c1-4-38-31(36)28-21(2)33-32-34(29(28)22-14-16-24(37-3)17-15-22)30(35)27(41-32)20-23-10-8-9-13-26(23)40-19-18-39-25-11-6-5-7-12-25/h5-17,20,29H,4,18-19H2,1-3H3/b27-20-. The van der Waals surface area contributed by atoms with Gasteiger partial charge in [0, 0.05) is 5.56 Å². The van der Waals surface area contributed by atoms with Crippen molar-refractivity contribution in [3.8, 4) is 17.2 Å². The number of nitrogens with zero attached hydrogens (tertiary/aromatic N) is 2. The van der Waals surface area contributed by atoms with Gasteiger partial charge < -0.3 is 18.9 Å². The highest BCUT2D eigenvalue weighted by Crippen LogP contribution is 2.31. The Bertz CT molecular complexity index is 1740. The highest BCUT2D eigenvalue weighted by atomic mass is 32.1. The van der Waals surface area contributed by atoms with Gasteiger partial charge in [-0.3, -0.25) is 9.36 Å². The molecule has 0 fully saturated rings. The number of methoxy groups -OCH3 is 1. The highest BCUT2D eigenvalue weighted by molar-refractivity contribution is 7.07. The monoisotopic (exact) mass is 570 g/mol. The minimum absolute atomic E-state index is 0.211. The number of allylic oxidation sites excluding steroid dienone is 1. The number of thiazole rings is 1. The third-order valence-electron chi connectivity index (χ3n) is 6.51. The Morgan fingerprint density at radius 2 is 1.66 bits per heavy atom. The third kappa shape index (κ3) is 6.10. The second-order valence-electron chi connectivity index (χ2n) is 9.12. The SMILES string of the molecule is CCOC(=O)C1=C(C)N=c2s/c(=C\c3ccccc3OCCOc3ccccc3)c(=O)n2C1c1ccc(OC)cc1. The zero-order valence-corrected chi connectivity index (χ0v) is 23.9. The van der Waals surface area contributed by atoms with Crippen LogP contribution in [0.5, 0.6) is 17.2 Å². The van der Waals surface area contributed by atoms with Crippen LogP contribution in [0.2, 0.25) is 0 Å². The first-order valence-electron chi connectivity index (χ1n) is 13.2. The number of rotatable bonds is 10. The predicted molar refractivity (Wildman–Crippen MR) is 157 cm³/mol. The molecule has 41 heavy (non-hydrogen) atoms. The molecule has 210 valence electrons. The lowest BCUT2D eigenvalue weighted by atomic mass is 9.96. The molecular formula is C32H30N2O6S. The van der Waals surface area contributed by atoms with E-state index in [9.17, 15) is 9.59 Å². The van der Waals surface area contributed by atoms with E-state index < -0.39 is 12.0 Å². The maximum atomic E-state index is 13.9. The lowest BCUT2D eigenvalue weighted by Crippen LogP contribution is -2.39. The van der Waals surface area contributed by atoms with Crippen LogP contribution in [0.1, 0.15) is 31.0 Å². The van der Waals surface area contributed by atoms with Gasteiger partial charge in [-0.1, -0.05) is 59.9 Å². The molecule has 0 N–H and O–H groups in total. The van der Waals surface area contributed by atoms with Gasteiger partial charge in [0.25, 0.3) is 5.56 Å². The molecule has 0 bridgehead atoms. The Morgan fingerprint density at radius 3 is 2.39 bits per heavy atom. The molecule has 8 nitrogen and oxygen atoms in total.